The molecule has 0 unspecified atom stereocenters. The number of tetrazole rings is 1. The lowest BCUT2D eigenvalue weighted by molar-refractivity contribution is -0.143. The van der Waals surface area contributed by atoms with Crippen molar-refractivity contribution in [2.24, 2.45) is 0 Å². The molecule has 0 atom stereocenters. The Bertz CT molecular complexity index is 1030. The maximum Gasteiger partial charge on any atom is 0.330 e. The monoisotopic (exact) mass is 410 g/mol. The van der Waals surface area contributed by atoms with Crippen LogP contribution in [0.4, 0.5) is 0 Å². The standard InChI is InChI=1S/C21H22N4O5/c1-4-14-5-7-15(8-6-14)17(26)13-30-20(27)12-25-23-21(22-24-25)16-9-10-18(28-2)19(11-16)29-3/h5-11H,4,12-13H2,1-3H3. The third-order valence-corrected chi connectivity index (χ3v) is 4.41. The summed E-state index contributed by atoms with van der Waals surface area (Å²) < 4.78 is 15.5. The van der Waals surface area contributed by atoms with E-state index in [1.54, 1.807) is 37.4 Å². The summed E-state index contributed by atoms with van der Waals surface area (Å²) in [5, 5.41) is 12.0. The summed E-state index contributed by atoms with van der Waals surface area (Å²) in [5.41, 5.74) is 2.28. The maximum atomic E-state index is 12.2. The second-order valence-electron chi connectivity index (χ2n) is 6.35. The van der Waals surface area contributed by atoms with Gasteiger partial charge in [-0.05, 0) is 35.4 Å². The van der Waals surface area contributed by atoms with Crippen LogP contribution < -0.4 is 9.47 Å². The van der Waals surface area contributed by atoms with Crippen molar-refractivity contribution in [3.63, 3.8) is 0 Å². The first kappa shape index (κ1) is 21.0. The van der Waals surface area contributed by atoms with E-state index < -0.39 is 5.97 Å². The van der Waals surface area contributed by atoms with Crippen molar-refractivity contribution in [2.75, 3.05) is 20.8 Å². The van der Waals surface area contributed by atoms with E-state index in [-0.39, 0.29) is 18.9 Å². The van der Waals surface area contributed by atoms with E-state index >= 15 is 0 Å². The van der Waals surface area contributed by atoms with Crippen LogP contribution in [-0.2, 0) is 22.5 Å². The van der Waals surface area contributed by atoms with E-state index in [1.807, 2.05) is 19.1 Å². The molecule has 0 radical (unpaired) electrons. The molecule has 1 heterocycles. The van der Waals surface area contributed by atoms with Crippen molar-refractivity contribution in [3.05, 3.63) is 53.6 Å². The molecule has 30 heavy (non-hydrogen) atoms. The number of ketones is 1. The summed E-state index contributed by atoms with van der Waals surface area (Å²) in [6.07, 6.45) is 0.889. The first-order chi connectivity index (χ1) is 14.5. The maximum absolute atomic E-state index is 12.2. The van der Waals surface area contributed by atoms with Crippen LogP contribution in [0, 0.1) is 0 Å². The molecule has 9 heteroatoms. The van der Waals surface area contributed by atoms with Gasteiger partial charge in [-0.2, -0.15) is 4.80 Å². The summed E-state index contributed by atoms with van der Waals surface area (Å²) in [6, 6.07) is 12.4. The minimum Gasteiger partial charge on any atom is -0.493 e. The fourth-order valence-corrected chi connectivity index (χ4v) is 2.72. The quantitative estimate of drug-likeness (QED) is 0.391. The molecule has 0 spiro atoms. The number of hydrogen-bond donors (Lipinski definition) is 0. The molecular weight excluding hydrogens is 388 g/mol. The van der Waals surface area contributed by atoms with Gasteiger partial charge >= 0.3 is 5.97 Å². The predicted molar refractivity (Wildman–Crippen MR) is 107 cm³/mol. The summed E-state index contributed by atoms with van der Waals surface area (Å²) in [7, 11) is 3.07. The lowest BCUT2D eigenvalue weighted by atomic mass is 10.1. The van der Waals surface area contributed by atoms with Crippen LogP contribution in [-0.4, -0.2) is 52.8 Å². The van der Waals surface area contributed by atoms with Crippen molar-refractivity contribution in [3.8, 4) is 22.9 Å². The molecule has 0 saturated heterocycles. The van der Waals surface area contributed by atoms with E-state index in [9.17, 15) is 9.59 Å². The smallest absolute Gasteiger partial charge is 0.330 e. The lowest BCUT2D eigenvalue weighted by Crippen LogP contribution is -2.19. The van der Waals surface area contributed by atoms with Crippen LogP contribution in [0.3, 0.4) is 0 Å². The molecule has 0 saturated carbocycles. The molecule has 156 valence electrons. The highest BCUT2D eigenvalue weighted by Crippen LogP contribution is 2.30. The van der Waals surface area contributed by atoms with Gasteiger partial charge in [0, 0.05) is 11.1 Å². The van der Waals surface area contributed by atoms with Crippen molar-refractivity contribution in [1.29, 1.82) is 0 Å². The average Bonchev–Trinajstić information content (AvgIpc) is 3.25. The van der Waals surface area contributed by atoms with Gasteiger partial charge in [-0.25, -0.2) is 4.79 Å². The number of Topliss-reactive ketones (excluding diaryl/α,β-unsaturated/α-hetero) is 1. The highest BCUT2D eigenvalue weighted by atomic mass is 16.5. The highest BCUT2D eigenvalue weighted by molar-refractivity contribution is 5.97. The van der Waals surface area contributed by atoms with Crippen molar-refractivity contribution in [2.45, 2.75) is 19.9 Å². The van der Waals surface area contributed by atoms with Gasteiger partial charge < -0.3 is 14.2 Å². The van der Waals surface area contributed by atoms with Gasteiger partial charge in [-0.1, -0.05) is 31.2 Å². The number of hydrogen-bond acceptors (Lipinski definition) is 8. The van der Waals surface area contributed by atoms with E-state index in [0.29, 0.717) is 28.5 Å². The zero-order valence-corrected chi connectivity index (χ0v) is 17.0. The molecule has 0 N–H and O–H groups in total. The van der Waals surface area contributed by atoms with Crippen LogP contribution in [0.1, 0.15) is 22.8 Å². The van der Waals surface area contributed by atoms with Crippen molar-refractivity contribution < 1.29 is 23.8 Å². The molecule has 3 rings (SSSR count). The Morgan fingerprint density at radius 1 is 1.00 bits per heavy atom. The minimum absolute atomic E-state index is 0.262. The molecule has 1 aromatic heterocycles. The van der Waals surface area contributed by atoms with E-state index in [0.717, 1.165) is 16.8 Å². The lowest BCUT2D eigenvalue weighted by Gasteiger charge is -2.07. The number of carbonyl (C=O) groups excluding carboxylic acids is 2. The second-order valence-corrected chi connectivity index (χ2v) is 6.35. The summed E-state index contributed by atoms with van der Waals surface area (Å²) in [4.78, 5) is 25.3. The van der Waals surface area contributed by atoms with Crippen LogP contribution in [0.25, 0.3) is 11.4 Å². The first-order valence-electron chi connectivity index (χ1n) is 9.32. The Balaban J connectivity index is 1.57. The topological polar surface area (TPSA) is 105 Å². The largest absolute Gasteiger partial charge is 0.493 e. The number of esters is 1. The van der Waals surface area contributed by atoms with Gasteiger partial charge in [0.1, 0.15) is 0 Å². The van der Waals surface area contributed by atoms with Gasteiger partial charge in [0.25, 0.3) is 0 Å². The molecule has 9 nitrogen and oxygen atoms in total. The normalized spacial score (nSPS) is 10.5. The third-order valence-electron chi connectivity index (χ3n) is 4.41. The Hall–Kier alpha value is -3.75. The zero-order chi connectivity index (χ0) is 21.5. The molecule has 0 bridgehead atoms. The number of aryl methyl sites for hydroxylation is 1. The second kappa shape index (κ2) is 9.64. The Labute approximate surface area is 173 Å². The first-order valence-corrected chi connectivity index (χ1v) is 9.32. The van der Waals surface area contributed by atoms with E-state index in [4.69, 9.17) is 14.2 Å². The number of rotatable bonds is 9. The number of benzene rings is 2. The van der Waals surface area contributed by atoms with Gasteiger partial charge in [0.15, 0.2) is 30.4 Å². The molecule has 2 aromatic carbocycles. The fraction of sp³-hybridized carbons (Fsp3) is 0.286. The van der Waals surface area contributed by atoms with Gasteiger partial charge in [-0.15, -0.1) is 10.2 Å². The number of carbonyl (C=O) groups is 2. The number of nitrogens with zero attached hydrogens (tertiary/aromatic N) is 4. The SMILES string of the molecule is CCc1ccc(C(=O)COC(=O)Cn2nnc(-c3ccc(OC)c(OC)c3)n2)cc1. The summed E-state index contributed by atoms with van der Waals surface area (Å²) >= 11 is 0. The van der Waals surface area contributed by atoms with E-state index in [2.05, 4.69) is 15.4 Å². The van der Waals surface area contributed by atoms with E-state index in [1.165, 1.54) is 7.11 Å². The minimum atomic E-state index is -0.634. The van der Waals surface area contributed by atoms with Gasteiger partial charge in [0.2, 0.25) is 5.82 Å². The summed E-state index contributed by atoms with van der Waals surface area (Å²) in [5.74, 6) is 0.506. The molecule has 0 aliphatic heterocycles. The van der Waals surface area contributed by atoms with Gasteiger partial charge in [0.05, 0.1) is 14.2 Å². The Kier molecular flexibility index (Phi) is 6.74. The Morgan fingerprint density at radius 3 is 2.40 bits per heavy atom. The van der Waals surface area contributed by atoms with Gasteiger partial charge in [-0.3, -0.25) is 4.79 Å². The van der Waals surface area contributed by atoms with Crippen LogP contribution in [0.2, 0.25) is 0 Å². The number of methoxy groups -OCH3 is 2. The molecule has 0 aliphatic carbocycles. The van der Waals surface area contributed by atoms with Crippen LogP contribution in [0.15, 0.2) is 42.5 Å². The Morgan fingerprint density at radius 2 is 1.73 bits per heavy atom. The van der Waals surface area contributed by atoms with Crippen LogP contribution in [0.5, 0.6) is 11.5 Å². The molecule has 0 aliphatic rings. The third kappa shape index (κ3) is 4.99. The predicted octanol–water partition coefficient (Wildman–Crippen LogP) is 2.35. The number of ether oxygens (including phenoxy) is 3. The molecule has 0 amide bonds. The molecular formula is C21H22N4O5. The van der Waals surface area contributed by atoms with Crippen molar-refractivity contribution in [1.82, 2.24) is 20.2 Å². The average molecular weight is 410 g/mol. The van der Waals surface area contributed by atoms with Crippen LogP contribution >= 0.6 is 0 Å². The highest BCUT2D eigenvalue weighted by Gasteiger charge is 2.14. The summed E-state index contributed by atoms with van der Waals surface area (Å²) in [6.45, 7) is 1.43. The molecule has 0 fully saturated rings. The fourth-order valence-electron chi connectivity index (χ4n) is 2.72. The molecule has 3 aromatic rings. The van der Waals surface area contributed by atoms with Crippen molar-refractivity contribution >= 4 is 11.8 Å². The number of aromatic nitrogens is 4. The zero-order valence-electron chi connectivity index (χ0n) is 17.0.